The predicted molar refractivity (Wildman–Crippen MR) is 96.0 cm³/mol. The zero-order valence-electron chi connectivity index (χ0n) is 15.5. The molecule has 1 aromatic rings. The van der Waals surface area contributed by atoms with Crippen LogP contribution >= 0.6 is 0 Å². The lowest BCUT2D eigenvalue weighted by Crippen LogP contribution is -2.51. The molecule has 2 fully saturated rings. The summed E-state index contributed by atoms with van der Waals surface area (Å²) in [6, 6.07) is 0. The van der Waals surface area contributed by atoms with E-state index in [0.717, 1.165) is 6.42 Å². The smallest absolute Gasteiger partial charge is 0.358 e. The predicted octanol–water partition coefficient (Wildman–Crippen LogP) is 1.01. The Balaban J connectivity index is 1.40. The molecule has 1 saturated carbocycles. The second-order valence-corrected chi connectivity index (χ2v) is 7.41. The van der Waals surface area contributed by atoms with E-state index in [-0.39, 0.29) is 24.1 Å². The fourth-order valence-corrected chi connectivity index (χ4v) is 3.88. The molecule has 1 aliphatic carbocycles. The van der Waals surface area contributed by atoms with E-state index in [0.29, 0.717) is 38.5 Å². The Bertz CT molecular complexity index is 675. The van der Waals surface area contributed by atoms with Crippen molar-refractivity contribution in [1.82, 2.24) is 24.8 Å². The maximum Gasteiger partial charge on any atom is 0.358 e. The van der Waals surface area contributed by atoms with E-state index in [1.54, 1.807) is 4.90 Å². The number of carboxylic acids is 1. The van der Waals surface area contributed by atoms with Crippen molar-refractivity contribution in [2.45, 2.75) is 51.5 Å². The maximum atomic E-state index is 12.4. The minimum atomic E-state index is -1.17. The average Bonchev–Trinajstić information content (AvgIpc) is 3.16. The van der Waals surface area contributed by atoms with Crippen molar-refractivity contribution in [3.8, 4) is 0 Å². The Morgan fingerprint density at radius 1 is 1.00 bits per heavy atom. The first-order chi connectivity index (χ1) is 13.0. The van der Waals surface area contributed by atoms with Crippen molar-refractivity contribution in [2.75, 3.05) is 26.2 Å². The van der Waals surface area contributed by atoms with E-state index < -0.39 is 5.97 Å². The van der Waals surface area contributed by atoms with Crippen LogP contribution in [0, 0.1) is 5.92 Å². The van der Waals surface area contributed by atoms with Crippen LogP contribution < -0.4 is 0 Å². The Labute approximate surface area is 158 Å². The Hall–Kier alpha value is -2.45. The third kappa shape index (κ3) is 5.27. The Morgan fingerprint density at radius 2 is 1.63 bits per heavy atom. The molecule has 2 heterocycles. The van der Waals surface area contributed by atoms with Crippen LogP contribution in [0.4, 0.5) is 0 Å². The van der Waals surface area contributed by atoms with Crippen LogP contribution in [-0.4, -0.2) is 73.9 Å². The number of hydrogen-bond donors (Lipinski definition) is 1. The molecule has 2 amide bonds. The molecular formula is C18H27N5O4. The lowest BCUT2D eigenvalue weighted by molar-refractivity contribution is -0.140. The van der Waals surface area contributed by atoms with E-state index in [1.807, 2.05) is 4.90 Å². The average molecular weight is 377 g/mol. The molecule has 0 bridgehead atoms. The van der Waals surface area contributed by atoms with Gasteiger partial charge in [-0.25, -0.2) is 9.48 Å². The molecule has 9 heteroatoms. The highest BCUT2D eigenvalue weighted by Gasteiger charge is 2.25. The largest absolute Gasteiger partial charge is 0.476 e. The summed E-state index contributed by atoms with van der Waals surface area (Å²) in [6.07, 6.45) is 9.24. The molecule has 2 aliphatic rings. The van der Waals surface area contributed by atoms with Gasteiger partial charge in [-0.1, -0.05) is 37.3 Å². The van der Waals surface area contributed by atoms with E-state index in [1.165, 1.54) is 43.0 Å². The summed E-state index contributed by atoms with van der Waals surface area (Å²) in [5, 5.41) is 16.0. The first-order valence-corrected chi connectivity index (χ1v) is 9.72. The summed E-state index contributed by atoms with van der Waals surface area (Å²) in [5.41, 5.74) is -0.184. The second kappa shape index (κ2) is 8.96. The highest BCUT2D eigenvalue weighted by atomic mass is 16.4. The number of hydrogen-bond acceptors (Lipinski definition) is 5. The molecule has 0 atom stereocenters. The summed E-state index contributed by atoms with van der Waals surface area (Å²) in [7, 11) is 0. The number of rotatable bonds is 6. The van der Waals surface area contributed by atoms with Gasteiger partial charge >= 0.3 is 5.97 Å². The Morgan fingerprint density at radius 3 is 2.22 bits per heavy atom. The third-order valence-corrected chi connectivity index (χ3v) is 5.53. The number of aromatic carboxylic acids is 1. The number of piperazine rings is 1. The van der Waals surface area contributed by atoms with E-state index in [9.17, 15) is 14.4 Å². The number of carboxylic acid groups (broad SMARTS) is 1. The van der Waals surface area contributed by atoms with E-state index in [2.05, 4.69) is 10.3 Å². The fourth-order valence-electron chi connectivity index (χ4n) is 3.88. The molecular weight excluding hydrogens is 350 g/mol. The second-order valence-electron chi connectivity index (χ2n) is 7.41. The molecule has 148 valence electrons. The number of nitrogens with zero attached hydrogens (tertiary/aromatic N) is 5. The van der Waals surface area contributed by atoms with E-state index >= 15 is 0 Å². The van der Waals surface area contributed by atoms with Crippen LogP contribution in [0.2, 0.25) is 0 Å². The Kier molecular flexibility index (Phi) is 6.41. The molecule has 0 aromatic carbocycles. The van der Waals surface area contributed by atoms with Gasteiger partial charge in [0.1, 0.15) is 6.54 Å². The van der Waals surface area contributed by atoms with Gasteiger partial charge < -0.3 is 14.9 Å². The fraction of sp³-hybridized carbons (Fsp3) is 0.722. The minimum Gasteiger partial charge on any atom is -0.476 e. The van der Waals surface area contributed by atoms with Crippen molar-refractivity contribution in [3.63, 3.8) is 0 Å². The highest BCUT2D eigenvalue weighted by molar-refractivity contribution is 5.85. The topological polar surface area (TPSA) is 109 Å². The van der Waals surface area contributed by atoms with Gasteiger partial charge in [0.2, 0.25) is 11.8 Å². The van der Waals surface area contributed by atoms with Gasteiger partial charge in [0, 0.05) is 32.6 Å². The molecule has 0 unspecified atom stereocenters. The summed E-state index contributed by atoms with van der Waals surface area (Å²) < 4.78 is 1.23. The van der Waals surface area contributed by atoms with Gasteiger partial charge in [-0.3, -0.25) is 9.59 Å². The van der Waals surface area contributed by atoms with Crippen LogP contribution in [0.1, 0.15) is 55.4 Å². The van der Waals surface area contributed by atoms with Crippen LogP contribution in [0.3, 0.4) is 0 Å². The molecule has 9 nitrogen and oxygen atoms in total. The van der Waals surface area contributed by atoms with Gasteiger partial charge in [-0.15, -0.1) is 5.10 Å². The van der Waals surface area contributed by atoms with Crippen LogP contribution in [-0.2, 0) is 16.1 Å². The summed E-state index contributed by atoms with van der Waals surface area (Å²) >= 11 is 0. The molecule has 0 radical (unpaired) electrons. The number of carbonyl (C=O) groups is 3. The summed E-state index contributed by atoms with van der Waals surface area (Å²) in [4.78, 5) is 39.1. The van der Waals surface area contributed by atoms with Crippen molar-refractivity contribution < 1.29 is 19.5 Å². The third-order valence-electron chi connectivity index (χ3n) is 5.53. The molecule has 1 aromatic heterocycles. The zero-order valence-corrected chi connectivity index (χ0v) is 15.5. The van der Waals surface area contributed by atoms with Crippen LogP contribution in [0.25, 0.3) is 0 Å². The number of carbonyl (C=O) groups excluding carboxylic acids is 2. The molecule has 1 saturated heterocycles. The van der Waals surface area contributed by atoms with Crippen molar-refractivity contribution in [3.05, 3.63) is 11.9 Å². The van der Waals surface area contributed by atoms with Crippen LogP contribution in [0.5, 0.6) is 0 Å². The monoisotopic (exact) mass is 377 g/mol. The van der Waals surface area contributed by atoms with Gasteiger partial charge in [0.25, 0.3) is 0 Å². The van der Waals surface area contributed by atoms with Crippen LogP contribution in [0.15, 0.2) is 6.20 Å². The zero-order chi connectivity index (χ0) is 19.2. The van der Waals surface area contributed by atoms with Crippen molar-refractivity contribution >= 4 is 17.8 Å². The molecule has 1 N–H and O–H groups in total. The highest BCUT2D eigenvalue weighted by Crippen LogP contribution is 2.27. The minimum absolute atomic E-state index is 0.0457. The molecule has 27 heavy (non-hydrogen) atoms. The first kappa shape index (κ1) is 19.3. The van der Waals surface area contributed by atoms with Gasteiger partial charge in [-0.2, -0.15) is 0 Å². The van der Waals surface area contributed by atoms with Gasteiger partial charge in [0.05, 0.1) is 6.20 Å². The molecule has 1 aliphatic heterocycles. The SMILES string of the molecule is O=C(O)c1cn(CC(=O)N2CCN(C(=O)CCC3CCCCC3)CC2)nn1. The summed E-state index contributed by atoms with van der Waals surface area (Å²) in [6.45, 7) is 2.04. The van der Waals surface area contributed by atoms with Crippen molar-refractivity contribution in [1.29, 1.82) is 0 Å². The number of amides is 2. The number of aromatic nitrogens is 3. The quantitative estimate of drug-likeness (QED) is 0.792. The molecule has 3 rings (SSSR count). The normalized spacial score (nSPS) is 18.5. The first-order valence-electron chi connectivity index (χ1n) is 9.72. The standard InChI is InChI=1S/C18H27N5O4/c24-16(7-6-14-4-2-1-3-5-14)21-8-10-22(11-9-21)17(25)13-23-12-15(18(26)27)19-20-23/h12,14H,1-11,13H2,(H,26,27). The summed E-state index contributed by atoms with van der Waals surface area (Å²) in [5.74, 6) is -0.431. The van der Waals surface area contributed by atoms with Gasteiger partial charge in [-0.05, 0) is 12.3 Å². The van der Waals surface area contributed by atoms with Crippen molar-refractivity contribution in [2.24, 2.45) is 5.92 Å². The molecule has 0 spiro atoms. The van der Waals surface area contributed by atoms with E-state index in [4.69, 9.17) is 5.11 Å². The van der Waals surface area contributed by atoms with Gasteiger partial charge in [0.15, 0.2) is 5.69 Å². The lowest BCUT2D eigenvalue weighted by atomic mass is 9.86. The lowest BCUT2D eigenvalue weighted by Gasteiger charge is -2.35. The maximum absolute atomic E-state index is 12.4.